The zero-order valence-corrected chi connectivity index (χ0v) is 31.1. The third-order valence-electron chi connectivity index (χ3n) is 9.25. The lowest BCUT2D eigenvalue weighted by molar-refractivity contribution is -0.462. The predicted octanol–water partition coefficient (Wildman–Crippen LogP) is 4.13. The minimum Gasteiger partial charge on any atom is -0.545 e. The van der Waals surface area contributed by atoms with Gasteiger partial charge in [-0.15, -0.1) is 0 Å². The van der Waals surface area contributed by atoms with Crippen LogP contribution < -0.4 is 31.0 Å². The van der Waals surface area contributed by atoms with E-state index in [1.165, 1.54) is 28.6 Å². The lowest BCUT2D eigenvalue weighted by atomic mass is 9.86. The summed E-state index contributed by atoms with van der Waals surface area (Å²) in [5, 5.41) is 18.2. The van der Waals surface area contributed by atoms with E-state index in [2.05, 4.69) is 74.3 Å². The van der Waals surface area contributed by atoms with Crippen molar-refractivity contribution in [1.82, 2.24) is 15.3 Å². The molecule has 0 fully saturated rings. The monoisotopic (exact) mass is 718 g/mol. The number of nitrogens with one attached hydrogen (secondary N) is 1. The molecule has 0 radical (unpaired) electrons. The van der Waals surface area contributed by atoms with E-state index < -0.39 is 14.0 Å². The van der Waals surface area contributed by atoms with Crippen LogP contribution in [0.5, 0.6) is 5.88 Å². The fourth-order valence-corrected chi connectivity index (χ4v) is 9.68. The van der Waals surface area contributed by atoms with E-state index in [-0.39, 0.29) is 41.6 Å². The molecule has 1 aliphatic carbocycles. The maximum absolute atomic E-state index is 13.6. The minimum atomic E-state index is -2.26. The molecule has 1 aliphatic heterocycles. The second-order valence-corrected chi connectivity index (χ2v) is 18.2. The number of carboxylic acids is 1. The van der Waals surface area contributed by atoms with E-state index in [0.717, 1.165) is 39.2 Å². The molecule has 51 heavy (non-hydrogen) atoms. The summed E-state index contributed by atoms with van der Waals surface area (Å²) < 4.78 is 7.76. The highest BCUT2D eigenvalue weighted by Gasteiger charge is 2.41. The number of rotatable bonds is 9. The molecule has 1 aromatic heterocycles. The molecule has 1 amide bonds. The number of allylic oxidation sites excluding steroid dienone is 5. The second kappa shape index (κ2) is 14.0. The maximum atomic E-state index is 13.6. The number of nitrogen functional groups attached to an aromatic ring is 1. The van der Waals surface area contributed by atoms with Crippen LogP contribution in [0.1, 0.15) is 43.0 Å². The van der Waals surface area contributed by atoms with Crippen molar-refractivity contribution in [2.45, 2.75) is 26.2 Å². The van der Waals surface area contributed by atoms with E-state index in [1.807, 2.05) is 52.5 Å². The quantitative estimate of drug-likeness (QED) is 0.150. The number of aromatic nitrogens is 2. The number of amides is 1. The first kappa shape index (κ1) is 35.3. The lowest BCUT2D eigenvalue weighted by Gasteiger charge is -2.38. The van der Waals surface area contributed by atoms with E-state index >= 15 is 0 Å². The maximum Gasteiger partial charge on any atom is 0.251 e. The third-order valence-corrected chi connectivity index (χ3v) is 13.0. The number of aromatic carboxylic acids is 1. The summed E-state index contributed by atoms with van der Waals surface area (Å²) in [4.78, 5) is 36.1. The molecule has 4 aromatic rings. The normalized spacial score (nSPS) is 14.3. The average molecular weight is 719 g/mol. The first-order valence-electron chi connectivity index (χ1n) is 16.4. The standard InChI is InChI=1S/C39H39ClN6O4Si/c1-45(2)26-12-15-29-32(18-26)51(5,6)33-19-27(46(3)4)13-16-30(33)36(29)31-17-25(11-14-28(31)38(48)49)37(47)42-21-23-7-9-24(10-8-23)22-50-35-20-34(40)43-39(41)44-35/h7-20H,21-22H2,1-6H3,(H3-,41,42,43,44,47,48,49). The van der Waals surface area contributed by atoms with Gasteiger partial charge in [0.1, 0.15) is 33.9 Å². The molecule has 3 N–H and O–H groups in total. The molecule has 0 spiro atoms. The lowest BCUT2D eigenvalue weighted by Crippen LogP contribution is -2.50. The molecule has 260 valence electrons. The zero-order chi connectivity index (χ0) is 36.6. The van der Waals surface area contributed by atoms with Gasteiger partial charge < -0.3 is 30.6 Å². The number of carbonyl (C=O) groups is 2. The Morgan fingerprint density at radius 2 is 1.69 bits per heavy atom. The number of nitrogens with two attached hydrogens (primary N) is 1. The SMILES string of the molecule is CN(C)c1ccc2c(c1)[Si](C)(C)C1=CC(=[N+](C)C)C=CC1=C2c1cc(C(=O)NCc2ccc(COc3cc(Cl)nc(N)n3)cc2)ccc1C(=O)[O-]. The van der Waals surface area contributed by atoms with Gasteiger partial charge in [0.15, 0.2) is 5.71 Å². The fraction of sp³-hybridized carbons (Fsp3) is 0.205. The molecule has 3 aromatic carbocycles. The van der Waals surface area contributed by atoms with Crippen LogP contribution in [0.3, 0.4) is 0 Å². The molecule has 0 saturated carbocycles. The number of ether oxygens (including phenoxy) is 1. The van der Waals surface area contributed by atoms with Gasteiger partial charge in [-0.2, -0.15) is 4.98 Å². The number of benzene rings is 3. The van der Waals surface area contributed by atoms with Crippen molar-refractivity contribution in [3.8, 4) is 5.88 Å². The van der Waals surface area contributed by atoms with Crippen LogP contribution >= 0.6 is 11.6 Å². The van der Waals surface area contributed by atoms with Crippen LogP contribution in [0.25, 0.3) is 5.57 Å². The average Bonchev–Trinajstić information content (AvgIpc) is 3.09. The molecular formula is C39H39ClN6O4Si. The van der Waals surface area contributed by atoms with E-state index in [9.17, 15) is 14.7 Å². The number of carbonyl (C=O) groups excluding carboxylic acids is 2. The van der Waals surface area contributed by atoms with Crippen LogP contribution in [0, 0.1) is 0 Å². The van der Waals surface area contributed by atoms with E-state index in [1.54, 1.807) is 6.07 Å². The highest BCUT2D eigenvalue weighted by atomic mass is 35.5. The molecule has 6 rings (SSSR count). The van der Waals surface area contributed by atoms with E-state index in [4.69, 9.17) is 22.1 Å². The first-order chi connectivity index (χ1) is 24.2. The van der Waals surface area contributed by atoms with Crippen LogP contribution in [0.15, 0.2) is 95.7 Å². The van der Waals surface area contributed by atoms with Gasteiger partial charge >= 0.3 is 0 Å². The smallest absolute Gasteiger partial charge is 0.251 e. The van der Waals surface area contributed by atoms with Crippen molar-refractivity contribution >= 4 is 59.7 Å². The minimum absolute atomic E-state index is 0.0259. The molecule has 0 atom stereocenters. The molecular weight excluding hydrogens is 680 g/mol. The van der Waals surface area contributed by atoms with Crippen LogP contribution in [0.4, 0.5) is 11.6 Å². The van der Waals surface area contributed by atoms with Gasteiger partial charge in [-0.05, 0) is 74.1 Å². The summed E-state index contributed by atoms with van der Waals surface area (Å²) in [6.07, 6.45) is 6.36. The van der Waals surface area contributed by atoms with Gasteiger partial charge in [-0.1, -0.05) is 61.1 Å². The number of halogens is 1. The summed E-state index contributed by atoms with van der Waals surface area (Å²) in [6.45, 7) is 5.16. The number of fused-ring (bicyclic) bond motifs is 2. The fourth-order valence-electron chi connectivity index (χ4n) is 6.42. The second-order valence-electron chi connectivity index (χ2n) is 13.5. The van der Waals surface area contributed by atoms with Crippen LogP contribution in [-0.4, -0.2) is 68.4 Å². The van der Waals surface area contributed by atoms with E-state index in [0.29, 0.717) is 11.1 Å². The number of hydrogen-bond donors (Lipinski definition) is 2. The summed E-state index contributed by atoms with van der Waals surface area (Å²) in [5.41, 5.74) is 13.1. The molecule has 2 heterocycles. The van der Waals surface area contributed by atoms with Gasteiger partial charge in [0.05, 0.1) is 5.97 Å². The van der Waals surface area contributed by atoms with Gasteiger partial charge in [0, 0.05) is 55.7 Å². The van der Waals surface area contributed by atoms with Gasteiger partial charge in [-0.3, -0.25) is 4.79 Å². The number of carboxylic acid groups (broad SMARTS) is 1. The highest BCUT2D eigenvalue weighted by Crippen LogP contribution is 2.43. The van der Waals surface area contributed by atoms with Crippen molar-refractivity contribution in [3.63, 3.8) is 0 Å². The molecule has 12 heteroatoms. The first-order valence-corrected chi connectivity index (χ1v) is 19.8. The number of hydrogen-bond acceptors (Lipinski definition) is 8. The van der Waals surface area contributed by atoms with Gasteiger partial charge in [0.2, 0.25) is 11.8 Å². The number of nitrogens with zero attached hydrogens (tertiary/aromatic N) is 4. The summed E-state index contributed by atoms with van der Waals surface area (Å²) in [5.74, 6) is -1.34. The van der Waals surface area contributed by atoms with Crippen molar-refractivity contribution in [1.29, 1.82) is 0 Å². The summed E-state index contributed by atoms with van der Waals surface area (Å²) in [6, 6.07) is 20.1. The van der Waals surface area contributed by atoms with Crippen LogP contribution in [-0.2, 0) is 13.2 Å². The molecule has 0 unspecified atom stereocenters. The Balaban J connectivity index is 1.31. The Bertz CT molecular complexity index is 2180. The molecule has 0 bridgehead atoms. The van der Waals surface area contributed by atoms with Gasteiger partial charge in [0.25, 0.3) is 5.91 Å². The molecule has 0 saturated heterocycles. The van der Waals surface area contributed by atoms with Crippen molar-refractivity contribution in [2.24, 2.45) is 0 Å². The third kappa shape index (κ3) is 7.21. The summed E-state index contributed by atoms with van der Waals surface area (Å²) in [7, 11) is 5.78. The van der Waals surface area contributed by atoms with Crippen molar-refractivity contribution in [3.05, 3.63) is 134 Å². The Hall–Kier alpha value is -5.52. The highest BCUT2D eigenvalue weighted by molar-refractivity contribution is 6.98. The van der Waals surface area contributed by atoms with Gasteiger partial charge in [-0.25, -0.2) is 9.56 Å². The Labute approximate surface area is 303 Å². The summed E-state index contributed by atoms with van der Waals surface area (Å²) >= 11 is 5.93. The van der Waals surface area contributed by atoms with Crippen molar-refractivity contribution < 1.29 is 24.0 Å². The predicted molar refractivity (Wildman–Crippen MR) is 202 cm³/mol. The number of anilines is 2. The molecule has 10 nitrogen and oxygen atoms in total. The zero-order valence-electron chi connectivity index (χ0n) is 29.4. The Morgan fingerprint density at radius 1 is 0.961 bits per heavy atom. The largest absolute Gasteiger partial charge is 0.545 e. The molecule has 2 aliphatic rings. The Kier molecular flexibility index (Phi) is 9.70. The van der Waals surface area contributed by atoms with Crippen LogP contribution in [0.2, 0.25) is 18.2 Å². The Morgan fingerprint density at radius 3 is 2.35 bits per heavy atom. The topological polar surface area (TPSA) is 137 Å². The van der Waals surface area contributed by atoms with Crippen molar-refractivity contribution in [2.75, 3.05) is 38.8 Å².